The number of nitrogens with zero attached hydrogens (tertiary/aromatic N) is 2. The molecule has 0 spiro atoms. The van der Waals surface area contributed by atoms with Crippen molar-refractivity contribution in [1.29, 1.82) is 5.26 Å². The van der Waals surface area contributed by atoms with Crippen molar-refractivity contribution in [2.45, 2.75) is 37.8 Å². The van der Waals surface area contributed by atoms with Crippen molar-refractivity contribution < 1.29 is 0 Å². The quantitative estimate of drug-likeness (QED) is 0.637. The number of rotatable bonds is 5. The second kappa shape index (κ2) is 7.46. The molecule has 0 atom stereocenters. The van der Waals surface area contributed by atoms with E-state index in [2.05, 4.69) is 15.3 Å². The van der Waals surface area contributed by atoms with Crippen LogP contribution in [0, 0.1) is 17.2 Å². The van der Waals surface area contributed by atoms with Crippen LogP contribution in [0.1, 0.15) is 37.4 Å². The monoisotopic (exact) mass is 292 g/mol. The lowest BCUT2D eigenvalue weighted by molar-refractivity contribution is 0.407. The highest BCUT2D eigenvalue weighted by Gasteiger charge is 2.15. The third kappa shape index (κ3) is 3.84. The van der Waals surface area contributed by atoms with Crippen molar-refractivity contribution in [3.63, 3.8) is 0 Å². The van der Waals surface area contributed by atoms with E-state index in [-0.39, 0.29) is 11.1 Å². The van der Waals surface area contributed by atoms with Crippen LogP contribution in [0.5, 0.6) is 0 Å². The fourth-order valence-corrected chi connectivity index (χ4v) is 3.41. The van der Waals surface area contributed by atoms with Gasteiger partial charge in [0.15, 0.2) is 5.16 Å². The molecule has 6 heteroatoms. The Morgan fingerprint density at radius 2 is 2.20 bits per heavy atom. The summed E-state index contributed by atoms with van der Waals surface area (Å²) in [6.07, 6.45) is 3.90. The third-order valence-corrected chi connectivity index (χ3v) is 4.59. The number of aromatic amines is 1. The predicted octanol–water partition coefficient (Wildman–Crippen LogP) is 1.69. The maximum Gasteiger partial charge on any atom is 0.269 e. The highest BCUT2D eigenvalue weighted by atomic mass is 32.2. The number of hydrogen-bond acceptors (Lipinski definition) is 5. The van der Waals surface area contributed by atoms with Crippen LogP contribution in [-0.4, -0.2) is 28.8 Å². The number of nitriles is 1. The fourth-order valence-electron chi connectivity index (χ4n) is 2.34. The van der Waals surface area contributed by atoms with E-state index in [0.29, 0.717) is 23.2 Å². The fraction of sp³-hybridized carbons (Fsp3) is 0.643. The summed E-state index contributed by atoms with van der Waals surface area (Å²) >= 11 is 1.60. The Bertz CT molecular complexity index is 543. The zero-order valence-electron chi connectivity index (χ0n) is 11.7. The largest absolute Gasteiger partial charge is 0.317 e. The zero-order valence-corrected chi connectivity index (χ0v) is 12.6. The molecule has 2 N–H and O–H groups in total. The van der Waals surface area contributed by atoms with Crippen LogP contribution in [0.4, 0.5) is 0 Å². The van der Waals surface area contributed by atoms with Gasteiger partial charge >= 0.3 is 0 Å². The molecule has 5 nitrogen and oxygen atoms in total. The normalized spacial score (nSPS) is 16.0. The van der Waals surface area contributed by atoms with Crippen molar-refractivity contribution >= 4 is 11.8 Å². The summed E-state index contributed by atoms with van der Waals surface area (Å²) in [7, 11) is 0. The van der Waals surface area contributed by atoms with Crippen molar-refractivity contribution in [3.8, 4) is 6.07 Å². The van der Waals surface area contributed by atoms with Gasteiger partial charge in [-0.2, -0.15) is 5.26 Å². The second-order valence-corrected chi connectivity index (χ2v) is 6.07. The molecule has 0 aromatic carbocycles. The van der Waals surface area contributed by atoms with E-state index in [1.165, 1.54) is 12.8 Å². The third-order valence-electron chi connectivity index (χ3n) is 3.49. The molecule has 20 heavy (non-hydrogen) atoms. The van der Waals surface area contributed by atoms with Crippen LogP contribution < -0.4 is 10.9 Å². The van der Waals surface area contributed by atoms with Gasteiger partial charge in [-0.25, -0.2) is 4.98 Å². The van der Waals surface area contributed by atoms with E-state index in [4.69, 9.17) is 5.26 Å². The number of H-pyrrole nitrogens is 1. The molecular weight excluding hydrogens is 272 g/mol. The molecule has 1 saturated heterocycles. The number of hydrogen-bond donors (Lipinski definition) is 2. The molecule has 1 aliphatic heterocycles. The van der Waals surface area contributed by atoms with E-state index < -0.39 is 0 Å². The number of nitrogens with one attached hydrogen (secondary N) is 2. The van der Waals surface area contributed by atoms with E-state index in [1.807, 2.05) is 13.0 Å². The summed E-state index contributed by atoms with van der Waals surface area (Å²) < 4.78 is 0. The van der Waals surface area contributed by atoms with Gasteiger partial charge < -0.3 is 10.3 Å². The minimum absolute atomic E-state index is 0.165. The molecule has 0 aliphatic carbocycles. The smallest absolute Gasteiger partial charge is 0.269 e. The summed E-state index contributed by atoms with van der Waals surface area (Å²) in [5.41, 5.74) is 0.489. The molecule has 0 bridgehead atoms. The standard InChI is InChI=1S/C14H20N4OS/c1-2-3-12-11(8-15)13(19)18-14(17-12)20-9-10-4-6-16-7-5-10/h10,16H,2-7,9H2,1H3,(H,17,18,19). The van der Waals surface area contributed by atoms with Crippen molar-refractivity contribution in [1.82, 2.24) is 15.3 Å². The topological polar surface area (TPSA) is 81.6 Å². The van der Waals surface area contributed by atoms with Crippen LogP contribution in [0.15, 0.2) is 9.95 Å². The van der Waals surface area contributed by atoms with Gasteiger partial charge in [-0.05, 0) is 38.3 Å². The second-order valence-electron chi connectivity index (χ2n) is 5.06. The molecule has 1 aliphatic rings. The summed E-state index contributed by atoms with van der Waals surface area (Å²) in [5.74, 6) is 1.65. The molecule has 0 saturated carbocycles. The average molecular weight is 292 g/mol. The lowest BCUT2D eigenvalue weighted by atomic mass is 10.0. The van der Waals surface area contributed by atoms with Gasteiger partial charge in [0.1, 0.15) is 11.6 Å². The minimum atomic E-state index is -0.307. The Morgan fingerprint density at radius 3 is 2.85 bits per heavy atom. The first kappa shape index (κ1) is 15.1. The highest BCUT2D eigenvalue weighted by molar-refractivity contribution is 7.99. The number of piperidine rings is 1. The van der Waals surface area contributed by atoms with E-state index in [0.717, 1.165) is 25.3 Å². The molecule has 2 rings (SSSR count). The van der Waals surface area contributed by atoms with E-state index in [9.17, 15) is 4.79 Å². The molecule has 1 fully saturated rings. The van der Waals surface area contributed by atoms with Crippen LogP contribution >= 0.6 is 11.8 Å². The van der Waals surface area contributed by atoms with Gasteiger partial charge in [0.05, 0.1) is 5.69 Å². The van der Waals surface area contributed by atoms with Crippen molar-refractivity contribution in [2.75, 3.05) is 18.8 Å². The molecule has 108 valence electrons. The van der Waals surface area contributed by atoms with Gasteiger partial charge in [-0.1, -0.05) is 25.1 Å². The molecule has 1 aromatic heterocycles. The molecule has 2 heterocycles. The Morgan fingerprint density at radius 1 is 1.45 bits per heavy atom. The Kier molecular flexibility index (Phi) is 5.62. The van der Waals surface area contributed by atoms with Gasteiger partial charge in [0.2, 0.25) is 0 Å². The van der Waals surface area contributed by atoms with Crippen LogP contribution in [0.3, 0.4) is 0 Å². The number of aromatic nitrogens is 2. The first-order chi connectivity index (χ1) is 9.74. The summed E-state index contributed by atoms with van der Waals surface area (Å²) in [4.78, 5) is 19.0. The average Bonchev–Trinajstić information content (AvgIpc) is 2.46. The predicted molar refractivity (Wildman–Crippen MR) is 79.9 cm³/mol. The van der Waals surface area contributed by atoms with Crippen LogP contribution in [0.25, 0.3) is 0 Å². The maximum atomic E-state index is 11.9. The zero-order chi connectivity index (χ0) is 14.4. The van der Waals surface area contributed by atoms with Gasteiger partial charge in [0.25, 0.3) is 5.56 Å². The maximum absolute atomic E-state index is 11.9. The SMILES string of the molecule is CCCc1nc(SCC2CCNCC2)[nH]c(=O)c1C#N. The Balaban J connectivity index is 2.08. The number of aryl methyl sites for hydroxylation is 1. The molecule has 0 unspecified atom stereocenters. The van der Waals surface area contributed by atoms with Crippen LogP contribution in [-0.2, 0) is 6.42 Å². The van der Waals surface area contributed by atoms with Crippen LogP contribution in [0.2, 0.25) is 0 Å². The summed E-state index contributed by atoms with van der Waals surface area (Å²) in [5, 5.41) is 13.0. The molecule has 0 radical (unpaired) electrons. The Hall–Kier alpha value is -1.32. The Labute approximate surface area is 123 Å². The van der Waals surface area contributed by atoms with E-state index >= 15 is 0 Å². The van der Waals surface area contributed by atoms with Crippen molar-refractivity contribution in [2.24, 2.45) is 5.92 Å². The van der Waals surface area contributed by atoms with Gasteiger partial charge in [0, 0.05) is 5.75 Å². The van der Waals surface area contributed by atoms with E-state index in [1.54, 1.807) is 11.8 Å². The lowest BCUT2D eigenvalue weighted by Crippen LogP contribution is -2.28. The van der Waals surface area contributed by atoms with Gasteiger partial charge in [-0.3, -0.25) is 4.79 Å². The molecular formula is C14H20N4OS. The van der Waals surface area contributed by atoms with Gasteiger partial charge in [-0.15, -0.1) is 0 Å². The molecule has 0 amide bonds. The summed E-state index contributed by atoms with van der Waals surface area (Å²) in [6, 6.07) is 1.96. The van der Waals surface area contributed by atoms with Crippen molar-refractivity contribution in [3.05, 3.63) is 21.6 Å². The number of thioether (sulfide) groups is 1. The molecule has 1 aromatic rings. The first-order valence-corrected chi connectivity index (χ1v) is 8.10. The summed E-state index contributed by atoms with van der Waals surface area (Å²) in [6.45, 7) is 4.17. The first-order valence-electron chi connectivity index (χ1n) is 7.11. The highest BCUT2D eigenvalue weighted by Crippen LogP contribution is 2.22. The lowest BCUT2D eigenvalue weighted by Gasteiger charge is -2.21. The minimum Gasteiger partial charge on any atom is -0.317 e.